The summed E-state index contributed by atoms with van der Waals surface area (Å²) in [5, 5.41) is 6.07. The zero-order chi connectivity index (χ0) is 10.2. The normalized spacial score (nSPS) is 16.0. The van der Waals surface area contributed by atoms with E-state index in [1.54, 1.807) is 11.8 Å². The SMILES string of the molecule is C=CCSCCNC(=O)CC1CNC1. The predicted molar refractivity (Wildman–Crippen MR) is 61.5 cm³/mol. The highest BCUT2D eigenvalue weighted by Crippen LogP contribution is 2.07. The van der Waals surface area contributed by atoms with Crippen LogP contribution >= 0.6 is 11.8 Å². The van der Waals surface area contributed by atoms with Crippen molar-refractivity contribution in [3.8, 4) is 0 Å². The van der Waals surface area contributed by atoms with Crippen LogP contribution in [-0.2, 0) is 4.79 Å². The molecular formula is C10H18N2OS. The first-order valence-electron chi connectivity index (χ1n) is 4.99. The highest BCUT2D eigenvalue weighted by molar-refractivity contribution is 7.99. The average molecular weight is 214 g/mol. The molecule has 0 radical (unpaired) electrons. The number of thioether (sulfide) groups is 1. The topological polar surface area (TPSA) is 41.1 Å². The van der Waals surface area contributed by atoms with Gasteiger partial charge in [0, 0.05) is 24.5 Å². The van der Waals surface area contributed by atoms with E-state index in [1.807, 2.05) is 6.08 Å². The van der Waals surface area contributed by atoms with Crippen molar-refractivity contribution < 1.29 is 4.79 Å². The van der Waals surface area contributed by atoms with Gasteiger partial charge >= 0.3 is 0 Å². The smallest absolute Gasteiger partial charge is 0.220 e. The number of nitrogens with one attached hydrogen (secondary N) is 2. The summed E-state index contributed by atoms with van der Waals surface area (Å²) in [6.07, 6.45) is 2.56. The second-order valence-corrected chi connectivity index (χ2v) is 4.59. The van der Waals surface area contributed by atoms with Crippen molar-refractivity contribution in [1.29, 1.82) is 0 Å². The van der Waals surface area contributed by atoms with Crippen LogP contribution in [0.15, 0.2) is 12.7 Å². The Labute approximate surface area is 89.7 Å². The van der Waals surface area contributed by atoms with Crippen molar-refractivity contribution in [3.63, 3.8) is 0 Å². The maximum atomic E-state index is 11.3. The van der Waals surface area contributed by atoms with Crippen LogP contribution < -0.4 is 10.6 Å². The second-order valence-electron chi connectivity index (χ2n) is 3.44. The van der Waals surface area contributed by atoms with Gasteiger partial charge in [-0.25, -0.2) is 0 Å². The van der Waals surface area contributed by atoms with Crippen molar-refractivity contribution in [2.75, 3.05) is 31.1 Å². The van der Waals surface area contributed by atoms with Crippen LogP contribution in [0.1, 0.15) is 6.42 Å². The lowest BCUT2D eigenvalue weighted by atomic mass is 9.99. The molecule has 3 nitrogen and oxygen atoms in total. The molecule has 0 saturated carbocycles. The molecule has 2 N–H and O–H groups in total. The van der Waals surface area contributed by atoms with E-state index in [-0.39, 0.29) is 5.91 Å². The lowest BCUT2D eigenvalue weighted by molar-refractivity contribution is -0.122. The molecule has 1 saturated heterocycles. The Kier molecular flexibility index (Phi) is 5.71. The molecule has 1 fully saturated rings. The summed E-state index contributed by atoms with van der Waals surface area (Å²) in [5.41, 5.74) is 0. The summed E-state index contributed by atoms with van der Waals surface area (Å²) in [6.45, 7) is 6.41. The molecule has 14 heavy (non-hydrogen) atoms. The van der Waals surface area contributed by atoms with Crippen molar-refractivity contribution >= 4 is 17.7 Å². The minimum atomic E-state index is 0.190. The van der Waals surface area contributed by atoms with Gasteiger partial charge in [-0.2, -0.15) is 11.8 Å². The van der Waals surface area contributed by atoms with Gasteiger partial charge in [0.05, 0.1) is 0 Å². The van der Waals surface area contributed by atoms with E-state index in [0.29, 0.717) is 12.3 Å². The third-order valence-electron chi connectivity index (χ3n) is 2.14. The monoisotopic (exact) mass is 214 g/mol. The van der Waals surface area contributed by atoms with Crippen molar-refractivity contribution in [1.82, 2.24) is 10.6 Å². The van der Waals surface area contributed by atoms with Crippen molar-refractivity contribution in [2.24, 2.45) is 5.92 Å². The second kappa shape index (κ2) is 6.90. The van der Waals surface area contributed by atoms with Crippen LogP contribution in [0, 0.1) is 5.92 Å². The molecule has 0 aromatic heterocycles. The van der Waals surface area contributed by atoms with Gasteiger partial charge in [0.15, 0.2) is 0 Å². The van der Waals surface area contributed by atoms with Gasteiger partial charge in [0.2, 0.25) is 5.91 Å². The lowest BCUT2D eigenvalue weighted by Gasteiger charge is -2.26. The number of carbonyl (C=O) groups is 1. The zero-order valence-electron chi connectivity index (χ0n) is 8.42. The number of hydrogen-bond acceptors (Lipinski definition) is 3. The fourth-order valence-corrected chi connectivity index (χ4v) is 1.84. The molecule has 0 spiro atoms. The summed E-state index contributed by atoms with van der Waals surface area (Å²) >= 11 is 1.79. The van der Waals surface area contributed by atoms with E-state index in [0.717, 1.165) is 31.1 Å². The molecule has 0 aromatic carbocycles. The van der Waals surface area contributed by atoms with Crippen LogP contribution in [0.5, 0.6) is 0 Å². The van der Waals surface area contributed by atoms with Crippen molar-refractivity contribution in [3.05, 3.63) is 12.7 Å². The van der Waals surface area contributed by atoms with Crippen LogP contribution in [-0.4, -0.2) is 37.0 Å². The Morgan fingerprint density at radius 1 is 1.64 bits per heavy atom. The summed E-state index contributed by atoms with van der Waals surface area (Å²) in [7, 11) is 0. The first-order chi connectivity index (χ1) is 6.83. The van der Waals surface area contributed by atoms with Gasteiger partial charge in [0.1, 0.15) is 0 Å². The third kappa shape index (κ3) is 4.67. The van der Waals surface area contributed by atoms with Gasteiger partial charge in [0.25, 0.3) is 0 Å². The molecule has 0 aromatic rings. The van der Waals surface area contributed by atoms with E-state index < -0.39 is 0 Å². The molecule has 0 unspecified atom stereocenters. The molecule has 1 amide bonds. The summed E-state index contributed by atoms with van der Waals surface area (Å²) in [4.78, 5) is 11.3. The summed E-state index contributed by atoms with van der Waals surface area (Å²) in [5.74, 6) is 2.69. The molecule has 0 aliphatic carbocycles. The largest absolute Gasteiger partial charge is 0.355 e. The highest BCUT2D eigenvalue weighted by Gasteiger charge is 2.19. The molecule has 1 rings (SSSR count). The summed E-state index contributed by atoms with van der Waals surface area (Å²) in [6, 6.07) is 0. The Morgan fingerprint density at radius 2 is 2.43 bits per heavy atom. The molecule has 1 heterocycles. The molecule has 4 heteroatoms. The average Bonchev–Trinajstić information content (AvgIpc) is 2.11. The van der Waals surface area contributed by atoms with Crippen LogP contribution in [0.25, 0.3) is 0 Å². The quantitative estimate of drug-likeness (QED) is 0.482. The maximum absolute atomic E-state index is 11.3. The van der Waals surface area contributed by atoms with E-state index in [4.69, 9.17) is 0 Å². The molecule has 80 valence electrons. The standard InChI is InChI=1S/C10H18N2OS/c1-2-4-14-5-3-12-10(13)6-9-7-11-8-9/h2,9,11H,1,3-8H2,(H,12,13). The van der Waals surface area contributed by atoms with Gasteiger partial charge in [-0.05, 0) is 19.0 Å². The molecule has 1 aliphatic rings. The lowest BCUT2D eigenvalue weighted by Crippen LogP contribution is -2.44. The van der Waals surface area contributed by atoms with Crippen molar-refractivity contribution in [2.45, 2.75) is 6.42 Å². The Bertz CT molecular complexity index is 193. The zero-order valence-corrected chi connectivity index (χ0v) is 9.24. The molecular weight excluding hydrogens is 196 g/mol. The summed E-state index contributed by atoms with van der Waals surface area (Å²) < 4.78 is 0. The van der Waals surface area contributed by atoms with E-state index in [2.05, 4.69) is 17.2 Å². The number of carbonyl (C=O) groups excluding carboxylic acids is 1. The first kappa shape index (κ1) is 11.6. The van der Waals surface area contributed by atoms with Crippen LogP contribution in [0.3, 0.4) is 0 Å². The highest BCUT2D eigenvalue weighted by atomic mass is 32.2. The fourth-order valence-electron chi connectivity index (χ4n) is 1.26. The third-order valence-corrected chi connectivity index (χ3v) is 3.11. The Balaban J connectivity index is 1.89. The van der Waals surface area contributed by atoms with Gasteiger partial charge in [-0.1, -0.05) is 6.08 Å². The maximum Gasteiger partial charge on any atom is 0.220 e. The number of hydrogen-bond donors (Lipinski definition) is 2. The Hall–Kier alpha value is -0.480. The molecule has 1 aliphatic heterocycles. The first-order valence-corrected chi connectivity index (χ1v) is 6.14. The van der Waals surface area contributed by atoms with Gasteiger partial charge in [-0.15, -0.1) is 6.58 Å². The van der Waals surface area contributed by atoms with Crippen LogP contribution in [0.2, 0.25) is 0 Å². The number of amides is 1. The van der Waals surface area contributed by atoms with E-state index >= 15 is 0 Å². The van der Waals surface area contributed by atoms with Gasteiger partial charge in [-0.3, -0.25) is 4.79 Å². The van der Waals surface area contributed by atoms with E-state index in [9.17, 15) is 4.79 Å². The minimum Gasteiger partial charge on any atom is -0.355 e. The van der Waals surface area contributed by atoms with Gasteiger partial charge < -0.3 is 10.6 Å². The Morgan fingerprint density at radius 3 is 3.00 bits per heavy atom. The molecule has 0 bridgehead atoms. The predicted octanol–water partition coefficient (Wildman–Crippen LogP) is 0.631. The van der Waals surface area contributed by atoms with E-state index in [1.165, 1.54) is 0 Å². The minimum absolute atomic E-state index is 0.190. The molecule has 0 atom stereocenters. The number of rotatable bonds is 7. The van der Waals surface area contributed by atoms with Crippen LogP contribution in [0.4, 0.5) is 0 Å². The fraction of sp³-hybridized carbons (Fsp3) is 0.700.